The molecular weight excluding hydrogens is 356 g/mol. The second-order valence-electron chi connectivity index (χ2n) is 5.53. The minimum atomic E-state index is -1.25. The lowest BCUT2D eigenvalue weighted by atomic mass is 10.2. The average Bonchev–Trinajstić information content (AvgIpc) is 2.33. The van der Waals surface area contributed by atoms with Crippen molar-refractivity contribution in [1.29, 1.82) is 0 Å². The van der Waals surface area contributed by atoms with Crippen LogP contribution in [0.1, 0.15) is 20.8 Å². The van der Waals surface area contributed by atoms with Gasteiger partial charge in [0.15, 0.2) is 6.04 Å². The molecule has 1 aromatic rings. The predicted molar refractivity (Wildman–Crippen MR) is 84.8 cm³/mol. The van der Waals surface area contributed by atoms with Gasteiger partial charge in [0.25, 0.3) is 0 Å². The molecular formula is C14H19BrN2O5. The van der Waals surface area contributed by atoms with Crippen molar-refractivity contribution in [2.75, 3.05) is 12.3 Å². The minimum Gasteiger partial charge on any atom is -0.489 e. The van der Waals surface area contributed by atoms with Gasteiger partial charge in [0.1, 0.15) is 18.0 Å². The van der Waals surface area contributed by atoms with E-state index in [4.69, 9.17) is 20.3 Å². The average molecular weight is 375 g/mol. The zero-order valence-corrected chi connectivity index (χ0v) is 14.1. The molecule has 122 valence electrons. The fourth-order valence-corrected chi connectivity index (χ4v) is 1.83. The van der Waals surface area contributed by atoms with E-state index in [-0.39, 0.29) is 6.61 Å². The lowest BCUT2D eigenvalue weighted by molar-refractivity contribution is -0.140. The summed E-state index contributed by atoms with van der Waals surface area (Å²) >= 11 is 3.26. The first-order valence-electron chi connectivity index (χ1n) is 6.48. The smallest absolute Gasteiger partial charge is 0.408 e. The van der Waals surface area contributed by atoms with Crippen molar-refractivity contribution in [3.05, 3.63) is 22.7 Å². The number of amides is 1. The summed E-state index contributed by atoms with van der Waals surface area (Å²) in [5, 5.41) is 11.4. The SMILES string of the molecule is CC(C)(C)OC(=O)NC(COc1ccc(Br)cc1N)C(=O)O. The maximum Gasteiger partial charge on any atom is 0.408 e. The molecule has 0 aliphatic rings. The third-order valence-corrected chi connectivity index (χ3v) is 2.86. The number of nitrogens with one attached hydrogen (secondary N) is 1. The minimum absolute atomic E-state index is 0.277. The van der Waals surface area contributed by atoms with Crippen LogP contribution in [-0.4, -0.2) is 35.4 Å². The summed E-state index contributed by atoms with van der Waals surface area (Å²) in [6, 6.07) is 3.69. The summed E-state index contributed by atoms with van der Waals surface area (Å²) < 4.78 is 11.1. The number of nitrogens with two attached hydrogens (primary N) is 1. The molecule has 0 aromatic heterocycles. The molecule has 0 bridgehead atoms. The lowest BCUT2D eigenvalue weighted by Gasteiger charge is -2.22. The predicted octanol–water partition coefficient (Wildman–Crippen LogP) is 2.39. The fourth-order valence-electron chi connectivity index (χ4n) is 1.45. The van der Waals surface area contributed by atoms with Gasteiger partial charge >= 0.3 is 12.1 Å². The van der Waals surface area contributed by atoms with Crippen molar-refractivity contribution in [2.24, 2.45) is 0 Å². The number of carbonyl (C=O) groups excluding carboxylic acids is 1. The van der Waals surface area contributed by atoms with Crippen LogP contribution < -0.4 is 15.8 Å². The van der Waals surface area contributed by atoms with E-state index in [0.29, 0.717) is 11.4 Å². The van der Waals surface area contributed by atoms with Gasteiger partial charge in [-0.1, -0.05) is 15.9 Å². The van der Waals surface area contributed by atoms with Gasteiger partial charge in [-0.05, 0) is 39.0 Å². The number of hydrogen-bond acceptors (Lipinski definition) is 5. The van der Waals surface area contributed by atoms with E-state index in [1.807, 2.05) is 0 Å². The Hall–Kier alpha value is -1.96. The zero-order valence-electron chi connectivity index (χ0n) is 12.6. The Kier molecular flexibility index (Phi) is 6.04. The molecule has 1 atom stereocenters. The van der Waals surface area contributed by atoms with Crippen LogP contribution in [-0.2, 0) is 9.53 Å². The summed E-state index contributed by atoms with van der Waals surface area (Å²) in [4.78, 5) is 22.8. The van der Waals surface area contributed by atoms with Gasteiger partial charge < -0.3 is 25.6 Å². The van der Waals surface area contributed by atoms with Crippen molar-refractivity contribution < 1.29 is 24.2 Å². The first-order valence-corrected chi connectivity index (χ1v) is 7.28. The number of anilines is 1. The van der Waals surface area contributed by atoms with Crippen molar-refractivity contribution in [3.8, 4) is 5.75 Å². The van der Waals surface area contributed by atoms with Crippen LogP contribution >= 0.6 is 15.9 Å². The Balaban J connectivity index is 2.65. The molecule has 0 aliphatic carbocycles. The molecule has 1 amide bonds. The molecule has 1 aromatic carbocycles. The number of benzene rings is 1. The van der Waals surface area contributed by atoms with Gasteiger partial charge in [-0.15, -0.1) is 0 Å². The van der Waals surface area contributed by atoms with E-state index in [1.165, 1.54) is 0 Å². The van der Waals surface area contributed by atoms with Crippen LogP contribution in [0.25, 0.3) is 0 Å². The number of carbonyl (C=O) groups is 2. The number of alkyl carbamates (subject to hydrolysis) is 1. The number of nitrogen functional groups attached to an aromatic ring is 1. The third-order valence-electron chi connectivity index (χ3n) is 2.37. The molecule has 22 heavy (non-hydrogen) atoms. The molecule has 0 saturated carbocycles. The maximum atomic E-state index is 11.6. The first-order chi connectivity index (χ1) is 10.1. The van der Waals surface area contributed by atoms with Gasteiger partial charge in [0.2, 0.25) is 0 Å². The molecule has 0 radical (unpaired) electrons. The molecule has 0 fully saturated rings. The van der Waals surface area contributed by atoms with Crippen molar-refractivity contribution in [1.82, 2.24) is 5.32 Å². The van der Waals surface area contributed by atoms with Crippen LogP contribution in [0.3, 0.4) is 0 Å². The largest absolute Gasteiger partial charge is 0.489 e. The first kappa shape index (κ1) is 18.1. The topological polar surface area (TPSA) is 111 Å². The molecule has 4 N–H and O–H groups in total. The van der Waals surface area contributed by atoms with Crippen LogP contribution in [0.15, 0.2) is 22.7 Å². The molecule has 7 nitrogen and oxygen atoms in total. The second-order valence-corrected chi connectivity index (χ2v) is 6.45. The van der Waals surface area contributed by atoms with Gasteiger partial charge in [0.05, 0.1) is 5.69 Å². The highest BCUT2D eigenvalue weighted by molar-refractivity contribution is 9.10. The highest BCUT2D eigenvalue weighted by Gasteiger charge is 2.24. The maximum absolute atomic E-state index is 11.6. The Labute approximate surface area is 136 Å². The quantitative estimate of drug-likeness (QED) is 0.682. The normalized spacial score (nSPS) is 12.4. The van der Waals surface area contributed by atoms with E-state index in [1.54, 1.807) is 39.0 Å². The molecule has 0 aliphatic heterocycles. The highest BCUT2D eigenvalue weighted by atomic mass is 79.9. The summed E-state index contributed by atoms with van der Waals surface area (Å²) in [6.45, 7) is 4.77. The second kappa shape index (κ2) is 7.35. The fraction of sp³-hybridized carbons (Fsp3) is 0.429. The van der Waals surface area contributed by atoms with Gasteiger partial charge in [-0.25, -0.2) is 9.59 Å². The monoisotopic (exact) mass is 374 g/mol. The number of hydrogen-bond donors (Lipinski definition) is 3. The number of rotatable bonds is 5. The van der Waals surface area contributed by atoms with Crippen molar-refractivity contribution in [2.45, 2.75) is 32.4 Å². The number of carboxylic acids is 1. The summed E-state index contributed by atoms with van der Waals surface area (Å²) in [5.41, 5.74) is 5.39. The Bertz CT molecular complexity index is 557. The Morgan fingerprint density at radius 1 is 1.41 bits per heavy atom. The summed E-state index contributed by atoms with van der Waals surface area (Å²) in [7, 11) is 0. The van der Waals surface area contributed by atoms with Gasteiger partial charge in [-0.2, -0.15) is 0 Å². The summed E-state index contributed by atoms with van der Waals surface area (Å²) in [5.74, 6) is -0.901. The molecule has 0 heterocycles. The van der Waals surface area contributed by atoms with Crippen molar-refractivity contribution in [3.63, 3.8) is 0 Å². The molecule has 0 spiro atoms. The number of ether oxygens (including phenoxy) is 2. The van der Waals surface area contributed by atoms with Crippen molar-refractivity contribution >= 4 is 33.7 Å². The number of carboxylic acid groups (broad SMARTS) is 1. The van der Waals surface area contributed by atoms with Gasteiger partial charge in [-0.3, -0.25) is 0 Å². The van der Waals surface area contributed by atoms with E-state index in [2.05, 4.69) is 21.2 Å². The highest BCUT2D eigenvalue weighted by Crippen LogP contribution is 2.25. The van der Waals surface area contributed by atoms with Gasteiger partial charge in [0, 0.05) is 4.47 Å². The standard InChI is InChI=1S/C14H19BrN2O5/c1-14(2,3)22-13(20)17-10(12(18)19)7-21-11-5-4-8(15)6-9(11)16/h4-6,10H,7,16H2,1-3H3,(H,17,20)(H,18,19). The number of halogens is 1. The molecule has 1 rings (SSSR count). The Morgan fingerprint density at radius 3 is 2.55 bits per heavy atom. The van der Waals surface area contributed by atoms with E-state index in [0.717, 1.165) is 4.47 Å². The number of aliphatic carboxylic acids is 1. The Morgan fingerprint density at radius 2 is 2.05 bits per heavy atom. The molecule has 1 unspecified atom stereocenters. The third kappa shape index (κ3) is 6.21. The van der Waals surface area contributed by atoms with E-state index < -0.39 is 23.7 Å². The van der Waals surface area contributed by atoms with Crippen LogP contribution in [0, 0.1) is 0 Å². The van der Waals surface area contributed by atoms with Crippen LogP contribution in [0.2, 0.25) is 0 Å². The lowest BCUT2D eigenvalue weighted by Crippen LogP contribution is -2.46. The molecule has 8 heteroatoms. The van der Waals surface area contributed by atoms with Crippen LogP contribution in [0.5, 0.6) is 5.75 Å². The zero-order chi connectivity index (χ0) is 16.9. The van der Waals surface area contributed by atoms with Crippen LogP contribution in [0.4, 0.5) is 10.5 Å². The summed E-state index contributed by atoms with van der Waals surface area (Å²) in [6.07, 6.45) is -0.827. The molecule has 0 saturated heterocycles. The van der Waals surface area contributed by atoms with E-state index >= 15 is 0 Å². The van der Waals surface area contributed by atoms with E-state index in [9.17, 15) is 9.59 Å².